The van der Waals surface area contributed by atoms with Crippen LogP contribution in [0.5, 0.6) is 0 Å². The van der Waals surface area contributed by atoms with E-state index in [1.165, 1.54) is 5.56 Å². The fourth-order valence-electron chi connectivity index (χ4n) is 1.80. The maximum Gasteiger partial charge on any atom is 0.0789 e. The molecule has 2 atom stereocenters. The van der Waals surface area contributed by atoms with Gasteiger partial charge >= 0.3 is 0 Å². The molecule has 86 valence electrons. The number of halogens is 1. The van der Waals surface area contributed by atoms with Crippen LogP contribution in [0.25, 0.3) is 0 Å². The molecule has 15 heavy (non-hydrogen) atoms. The van der Waals surface area contributed by atoms with Gasteiger partial charge in [0.2, 0.25) is 0 Å². The molecule has 1 rings (SSSR count). The Kier molecular flexibility index (Phi) is 5.26. The molecule has 0 radical (unpaired) electrons. The number of nitrogens with one attached hydrogen (secondary N) is 1. The summed E-state index contributed by atoms with van der Waals surface area (Å²) in [5.41, 5.74) is 1.28. The van der Waals surface area contributed by atoms with Crippen LogP contribution in [0.15, 0.2) is 15.2 Å². The van der Waals surface area contributed by atoms with Crippen LogP contribution in [0, 0.1) is 5.92 Å². The molecule has 0 spiro atoms. The van der Waals surface area contributed by atoms with Crippen molar-refractivity contribution in [3.8, 4) is 0 Å². The number of hydrogen-bond donors (Lipinski definition) is 1. The Hall–Kier alpha value is 0.1000. The van der Waals surface area contributed by atoms with Crippen molar-refractivity contribution >= 4 is 27.3 Å². The Morgan fingerprint density at radius 3 is 2.40 bits per heavy atom. The largest absolute Gasteiger partial charge is 0.379 e. The highest BCUT2D eigenvalue weighted by atomic mass is 79.9. The summed E-state index contributed by atoms with van der Waals surface area (Å²) in [7, 11) is 3.75. The highest BCUT2D eigenvalue weighted by Crippen LogP contribution is 2.32. The first kappa shape index (κ1) is 13.2. The normalized spacial score (nSPS) is 15.6. The zero-order valence-electron chi connectivity index (χ0n) is 9.58. The predicted octanol–water partition coefficient (Wildman–Crippen LogP) is 3.44. The molecule has 0 aliphatic heterocycles. The Morgan fingerprint density at radius 2 is 2.07 bits per heavy atom. The van der Waals surface area contributed by atoms with Gasteiger partial charge in [0, 0.05) is 17.0 Å². The molecular weight excluding hydrogens is 274 g/mol. The molecule has 0 aliphatic carbocycles. The molecule has 0 aromatic carbocycles. The van der Waals surface area contributed by atoms with E-state index in [0.29, 0.717) is 5.92 Å². The maximum absolute atomic E-state index is 5.56. The molecular formula is C11H18BrNOS. The van der Waals surface area contributed by atoms with E-state index in [2.05, 4.69) is 45.9 Å². The van der Waals surface area contributed by atoms with Crippen LogP contribution in [0.1, 0.15) is 25.5 Å². The molecule has 2 unspecified atom stereocenters. The van der Waals surface area contributed by atoms with Gasteiger partial charge in [-0.1, -0.05) is 13.8 Å². The minimum absolute atomic E-state index is 0.195. The highest BCUT2D eigenvalue weighted by Gasteiger charge is 2.26. The fraction of sp³-hybridized carbons (Fsp3) is 0.636. The van der Waals surface area contributed by atoms with Crippen molar-refractivity contribution in [3.05, 3.63) is 20.8 Å². The molecule has 1 aromatic heterocycles. The minimum atomic E-state index is 0.195. The van der Waals surface area contributed by atoms with Gasteiger partial charge in [0.1, 0.15) is 0 Å². The standard InChI is InChI=1S/C11H18BrNOS/c1-7(2)11(14-4)10(13-3)8-5-15-6-9(8)12/h5-7,10-11,13H,1-4H3. The van der Waals surface area contributed by atoms with Crippen molar-refractivity contribution in [3.63, 3.8) is 0 Å². The SMILES string of the molecule is CNC(c1cscc1Br)C(OC)C(C)C. The molecule has 0 saturated carbocycles. The molecule has 2 nitrogen and oxygen atoms in total. The summed E-state index contributed by atoms with van der Waals surface area (Å²) in [6.07, 6.45) is 0.195. The summed E-state index contributed by atoms with van der Waals surface area (Å²) in [4.78, 5) is 0. The van der Waals surface area contributed by atoms with Gasteiger partial charge in [0.05, 0.1) is 12.1 Å². The lowest BCUT2D eigenvalue weighted by Crippen LogP contribution is -2.34. The molecule has 0 fully saturated rings. The zero-order valence-corrected chi connectivity index (χ0v) is 12.0. The van der Waals surface area contributed by atoms with Crippen molar-refractivity contribution < 1.29 is 4.74 Å². The van der Waals surface area contributed by atoms with Crippen LogP contribution < -0.4 is 5.32 Å². The van der Waals surface area contributed by atoms with E-state index >= 15 is 0 Å². The van der Waals surface area contributed by atoms with Crippen molar-refractivity contribution in [2.24, 2.45) is 5.92 Å². The topological polar surface area (TPSA) is 21.3 Å². The summed E-state index contributed by atoms with van der Waals surface area (Å²) in [6, 6.07) is 0.246. The van der Waals surface area contributed by atoms with Crippen LogP contribution in [0.3, 0.4) is 0 Å². The van der Waals surface area contributed by atoms with Gasteiger partial charge in [0.25, 0.3) is 0 Å². The molecule has 1 heterocycles. The van der Waals surface area contributed by atoms with Crippen molar-refractivity contribution in [2.45, 2.75) is 26.0 Å². The first-order chi connectivity index (χ1) is 7.11. The molecule has 0 amide bonds. The van der Waals surface area contributed by atoms with E-state index in [4.69, 9.17) is 4.74 Å². The van der Waals surface area contributed by atoms with E-state index in [1.807, 2.05) is 7.05 Å². The zero-order chi connectivity index (χ0) is 11.4. The molecule has 1 aromatic rings. The average Bonchev–Trinajstić information content (AvgIpc) is 2.60. The third kappa shape index (κ3) is 3.03. The second-order valence-corrected chi connectivity index (χ2v) is 5.48. The maximum atomic E-state index is 5.56. The highest BCUT2D eigenvalue weighted by molar-refractivity contribution is 9.10. The second-order valence-electron chi connectivity index (χ2n) is 3.89. The van der Waals surface area contributed by atoms with E-state index < -0.39 is 0 Å². The molecule has 0 bridgehead atoms. The number of likely N-dealkylation sites (N-methyl/N-ethyl adjacent to an activating group) is 1. The van der Waals surface area contributed by atoms with Gasteiger partial charge in [-0.15, -0.1) is 0 Å². The first-order valence-electron chi connectivity index (χ1n) is 5.03. The van der Waals surface area contributed by atoms with E-state index in [-0.39, 0.29) is 12.1 Å². The quantitative estimate of drug-likeness (QED) is 0.897. The summed E-state index contributed by atoms with van der Waals surface area (Å²) in [5.74, 6) is 0.485. The van der Waals surface area contributed by atoms with Crippen molar-refractivity contribution in [1.29, 1.82) is 0 Å². The van der Waals surface area contributed by atoms with Crippen LogP contribution in [0.4, 0.5) is 0 Å². The van der Waals surface area contributed by atoms with Crippen molar-refractivity contribution in [1.82, 2.24) is 5.32 Å². The summed E-state index contributed by atoms with van der Waals surface area (Å²) < 4.78 is 6.73. The van der Waals surface area contributed by atoms with Gasteiger partial charge in [-0.2, -0.15) is 11.3 Å². The number of methoxy groups -OCH3 is 1. The smallest absolute Gasteiger partial charge is 0.0789 e. The minimum Gasteiger partial charge on any atom is -0.379 e. The van der Waals surface area contributed by atoms with E-state index in [0.717, 1.165) is 4.47 Å². The Morgan fingerprint density at radius 1 is 1.40 bits per heavy atom. The third-order valence-electron chi connectivity index (χ3n) is 2.55. The van der Waals surface area contributed by atoms with Crippen LogP contribution in [-0.2, 0) is 4.74 Å². The van der Waals surface area contributed by atoms with Crippen LogP contribution >= 0.6 is 27.3 Å². The summed E-state index contributed by atoms with van der Waals surface area (Å²) in [6.45, 7) is 4.36. The Balaban J connectivity index is 2.92. The Bertz CT molecular complexity index is 301. The molecule has 1 N–H and O–H groups in total. The number of rotatable bonds is 5. The van der Waals surface area contributed by atoms with E-state index in [1.54, 1.807) is 18.4 Å². The van der Waals surface area contributed by atoms with Crippen LogP contribution in [0.2, 0.25) is 0 Å². The number of thiophene rings is 1. The van der Waals surface area contributed by atoms with Crippen LogP contribution in [-0.4, -0.2) is 20.3 Å². The van der Waals surface area contributed by atoms with Gasteiger partial charge in [-0.25, -0.2) is 0 Å². The second kappa shape index (κ2) is 5.99. The van der Waals surface area contributed by atoms with Gasteiger partial charge in [0.15, 0.2) is 0 Å². The molecule has 0 saturated heterocycles. The number of ether oxygens (including phenoxy) is 1. The van der Waals surface area contributed by atoms with Gasteiger partial charge < -0.3 is 10.1 Å². The lowest BCUT2D eigenvalue weighted by atomic mass is 9.95. The Labute approximate surface area is 104 Å². The lowest BCUT2D eigenvalue weighted by Gasteiger charge is -2.28. The third-order valence-corrected chi connectivity index (χ3v) is 4.30. The predicted molar refractivity (Wildman–Crippen MR) is 69.5 cm³/mol. The average molecular weight is 292 g/mol. The number of hydrogen-bond acceptors (Lipinski definition) is 3. The molecule has 4 heteroatoms. The van der Waals surface area contributed by atoms with Gasteiger partial charge in [-0.3, -0.25) is 0 Å². The first-order valence-corrected chi connectivity index (χ1v) is 6.77. The van der Waals surface area contributed by atoms with Crippen molar-refractivity contribution in [2.75, 3.05) is 14.2 Å². The molecule has 0 aliphatic rings. The van der Waals surface area contributed by atoms with Gasteiger partial charge in [-0.05, 0) is 39.8 Å². The summed E-state index contributed by atoms with van der Waals surface area (Å²) >= 11 is 5.28. The monoisotopic (exact) mass is 291 g/mol. The lowest BCUT2D eigenvalue weighted by molar-refractivity contribution is 0.0348. The van der Waals surface area contributed by atoms with E-state index in [9.17, 15) is 0 Å². The summed E-state index contributed by atoms with van der Waals surface area (Å²) in [5, 5.41) is 7.60. The fourth-order valence-corrected chi connectivity index (χ4v) is 3.38.